The Balaban J connectivity index is 1.68. The Hall–Kier alpha value is -1.56. The van der Waals surface area contributed by atoms with Gasteiger partial charge in [-0.05, 0) is 32.2 Å². The van der Waals surface area contributed by atoms with Crippen molar-refractivity contribution in [3.63, 3.8) is 0 Å². The van der Waals surface area contributed by atoms with Crippen molar-refractivity contribution >= 4 is 17.5 Å². The molecule has 98 valence electrons. The van der Waals surface area contributed by atoms with Crippen LogP contribution in [0.25, 0.3) is 0 Å². The molecule has 0 bridgehead atoms. The highest BCUT2D eigenvalue weighted by Gasteiger charge is 2.19. The molecule has 0 radical (unpaired) electrons. The van der Waals surface area contributed by atoms with Crippen LogP contribution in [-0.2, 0) is 0 Å². The number of hydrogen-bond donors (Lipinski definition) is 4. The van der Waals surface area contributed by atoms with E-state index >= 15 is 0 Å². The molecule has 5 N–H and O–H groups in total. The highest BCUT2D eigenvalue weighted by molar-refractivity contribution is 5.62. The summed E-state index contributed by atoms with van der Waals surface area (Å²) in [4.78, 5) is 8.70. The maximum absolute atomic E-state index is 5.91. The zero-order valence-electron chi connectivity index (χ0n) is 10.4. The molecule has 1 aliphatic carbocycles. The van der Waals surface area contributed by atoms with Gasteiger partial charge >= 0.3 is 0 Å². The Morgan fingerprint density at radius 2 is 2.11 bits per heavy atom. The van der Waals surface area contributed by atoms with Crippen LogP contribution in [0.2, 0.25) is 0 Å². The molecule has 0 spiro atoms. The predicted molar refractivity (Wildman–Crippen MR) is 72.6 cm³/mol. The van der Waals surface area contributed by atoms with E-state index in [2.05, 4.69) is 25.9 Å². The SMILES string of the molecule is Nc1cnc(NC2CCC2)nc1NC1CCNC1. The van der Waals surface area contributed by atoms with Crippen LogP contribution in [0.1, 0.15) is 25.7 Å². The standard InChI is InChI=1S/C12H20N6/c13-10-7-15-12(17-8-2-1-3-8)18-11(10)16-9-4-5-14-6-9/h7-9,14H,1-6,13H2,(H2,15,16,17,18). The van der Waals surface area contributed by atoms with Gasteiger partial charge in [-0.25, -0.2) is 4.98 Å². The van der Waals surface area contributed by atoms with Gasteiger partial charge < -0.3 is 21.7 Å². The second kappa shape index (κ2) is 4.97. The molecule has 0 amide bonds. The molecule has 6 heteroatoms. The van der Waals surface area contributed by atoms with E-state index < -0.39 is 0 Å². The van der Waals surface area contributed by atoms with Gasteiger partial charge in [-0.2, -0.15) is 4.98 Å². The lowest BCUT2D eigenvalue weighted by atomic mass is 9.93. The summed E-state index contributed by atoms with van der Waals surface area (Å²) in [5.41, 5.74) is 6.52. The fourth-order valence-electron chi connectivity index (χ4n) is 2.28. The van der Waals surface area contributed by atoms with Gasteiger partial charge in [0.15, 0.2) is 5.82 Å². The van der Waals surface area contributed by atoms with E-state index in [0.29, 0.717) is 23.7 Å². The van der Waals surface area contributed by atoms with Crippen molar-refractivity contribution < 1.29 is 0 Å². The Morgan fingerprint density at radius 3 is 2.78 bits per heavy atom. The van der Waals surface area contributed by atoms with Gasteiger partial charge in [0, 0.05) is 18.6 Å². The summed E-state index contributed by atoms with van der Waals surface area (Å²) in [6.45, 7) is 2.02. The van der Waals surface area contributed by atoms with Gasteiger partial charge in [0.25, 0.3) is 0 Å². The van der Waals surface area contributed by atoms with Crippen molar-refractivity contribution in [2.75, 3.05) is 29.5 Å². The Bertz CT molecular complexity index is 411. The molecule has 1 unspecified atom stereocenters. The maximum atomic E-state index is 5.91. The normalized spacial score (nSPS) is 23.7. The molecule has 1 atom stereocenters. The minimum atomic E-state index is 0.416. The van der Waals surface area contributed by atoms with E-state index in [1.54, 1.807) is 6.20 Å². The predicted octanol–water partition coefficient (Wildman–Crippen LogP) is 0.797. The average molecular weight is 248 g/mol. The van der Waals surface area contributed by atoms with E-state index in [1.807, 2.05) is 0 Å². The molecule has 2 fully saturated rings. The van der Waals surface area contributed by atoms with Gasteiger partial charge in [0.2, 0.25) is 5.95 Å². The Kier molecular flexibility index (Phi) is 3.19. The third kappa shape index (κ3) is 2.48. The maximum Gasteiger partial charge on any atom is 0.224 e. The molecule has 3 rings (SSSR count). The number of nitrogens with zero attached hydrogens (tertiary/aromatic N) is 2. The fourth-order valence-corrected chi connectivity index (χ4v) is 2.28. The summed E-state index contributed by atoms with van der Waals surface area (Å²) in [7, 11) is 0. The monoisotopic (exact) mass is 248 g/mol. The number of anilines is 3. The third-order valence-corrected chi connectivity index (χ3v) is 3.66. The van der Waals surface area contributed by atoms with Crippen molar-refractivity contribution in [1.82, 2.24) is 15.3 Å². The third-order valence-electron chi connectivity index (χ3n) is 3.66. The summed E-state index contributed by atoms with van der Waals surface area (Å²) in [6, 6.07) is 0.952. The first kappa shape index (κ1) is 11.5. The van der Waals surface area contributed by atoms with Gasteiger partial charge in [-0.3, -0.25) is 0 Å². The zero-order valence-corrected chi connectivity index (χ0v) is 10.4. The van der Waals surface area contributed by atoms with Crippen LogP contribution in [0.5, 0.6) is 0 Å². The molecule has 1 aromatic heterocycles. The Morgan fingerprint density at radius 1 is 1.22 bits per heavy atom. The van der Waals surface area contributed by atoms with Gasteiger partial charge in [0.1, 0.15) is 0 Å². The smallest absolute Gasteiger partial charge is 0.224 e. The number of aromatic nitrogens is 2. The highest BCUT2D eigenvalue weighted by atomic mass is 15.2. The lowest BCUT2D eigenvalue weighted by Gasteiger charge is -2.26. The van der Waals surface area contributed by atoms with Crippen LogP contribution < -0.4 is 21.7 Å². The van der Waals surface area contributed by atoms with Crippen molar-refractivity contribution in [2.45, 2.75) is 37.8 Å². The second-order valence-electron chi connectivity index (χ2n) is 5.10. The molecular formula is C12H20N6. The van der Waals surface area contributed by atoms with Gasteiger partial charge in [0.05, 0.1) is 11.9 Å². The van der Waals surface area contributed by atoms with E-state index in [-0.39, 0.29) is 0 Å². The van der Waals surface area contributed by atoms with E-state index in [4.69, 9.17) is 5.73 Å². The molecule has 1 aromatic rings. The molecule has 6 nitrogen and oxygen atoms in total. The van der Waals surface area contributed by atoms with E-state index in [1.165, 1.54) is 19.3 Å². The van der Waals surface area contributed by atoms with Crippen LogP contribution >= 0.6 is 0 Å². The lowest BCUT2D eigenvalue weighted by Crippen LogP contribution is -2.28. The van der Waals surface area contributed by atoms with Crippen molar-refractivity contribution in [1.29, 1.82) is 0 Å². The van der Waals surface area contributed by atoms with Crippen LogP contribution in [0.3, 0.4) is 0 Å². The molecule has 1 aliphatic heterocycles. The average Bonchev–Trinajstić information content (AvgIpc) is 2.80. The zero-order chi connectivity index (χ0) is 12.4. The molecule has 2 heterocycles. The number of nitrogens with one attached hydrogen (secondary N) is 3. The van der Waals surface area contributed by atoms with Crippen molar-refractivity contribution in [3.8, 4) is 0 Å². The first-order chi connectivity index (χ1) is 8.81. The van der Waals surface area contributed by atoms with Crippen LogP contribution in [-0.4, -0.2) is 35.1 Å². The summed E-state index contributed by atoms with van der Waals surface area (Å²) < 4.78 is 0. The van der Waals surface area contributed by atoms with Crippen molar-refractivity contribution in [3.05, 3.63) is 6.20 Å². The number of rotatable bonds is 4. The first-order valence-electron chi connectivity index (χ1n) is 6.67. The van der Waals surface area contributed by atoms with Gasteiger partial charge in [-0.15, -0.1) is 0 Å². The first-order valence-corrected chi connectivity index (χ1v) is 6.67. The minimum absolute atomic E-state index is 0.416. The van der Waals surface area contributed by atoms with E-state index in [9.17, 15) is 0 Å². The summed E-state index contributed by atoms with van der Waals surface area (Å²) in [5, 5.41) is 10.0. The largest absolute Gasteiger partial charge is 0.394 e. The summed E-state index contributed by atoms with van der Waals surface area (Å²) >= 11 is 0. The molecule has 1 saturated heterocycles. The van der Waals surface area contributed by atoms with Crippen LogP contribution in [0, 0.1) is 0 Å². The Labute approximate surface area is 107 Å². The second-order valence-corrected chi connectivity index (χ2v) is 5.10. The summed E-state index contributed by atoms with van der Waals surface area (Å²) in [6.07, 6.45) is 6.51. The topological polar surface area (TPSA) is 87.9 Å². The molecular weight excluding hydrogens is 228 g/mol. The lowest BCUT2D eigenvalue weighted by molar-refractivity contribution is 0.443. The van der Waals surface area contributed by atoms with Crippen molar-refractivity contribution in [2.24, 2.45) is 0 Å². The number of nitrogen functional groups attached to an aromatic ring is 1. The minimum Gasteiger partial charge on any atom is -0.394 e. The molecule has 1 saturated carbocycles. The highest BCUT2D eigenvalue weighted by Crippen LogP contribution is 2.23. The van der Waals surface area contributed by atoms with Crippen LogP contribution in [0.15, 0.2) is 6.20 Å². The number of hydrogen-bond acceptors (Lipinski definition) is 6. The van der Waals surface area contributed by atoms with E-state index in [0.717, 1.165) is 25.3 Å². The summed E-state index contributed by atoms with van der Waals surface area (Å²) in [5.74, 6) is 1.43. The molecule has 2 aliphatic rings. The van der Waals surface area contributed by atoms with Crippen LogP contribution in [0.4, 0.5) is 17.5 Å². The van der Waals surface area contributed by atoms with Gasteiger partial charge in [-0.1, -0.05) is 0 Å². The number of nitrogens with two attached hydrogens (primary N) is 1. The molecule has 0 aromatic carbocycles. The fraction of sp³-hybridized carbons (Fsp3) is 0.667. The molecule has 18 heavy (non-hydrogen) atoms. The quantitative estimate of drug-likeness (QED) is 0.630.